The van der Waals surface area contributed by atoms with Crippen LogP contribution in [0.2, 0.25) is 0 Å². The number of pyridine rings is 1. The van der Waals surface area contributed by atoms with Gasteiger partial charge in [-0.1, -0.05) is 6.07 Å². The molecular weight excluding hydrogens is 400 g/mol. The molecule has 2 aliphatic rings. The van der Waals surface area contributed by atoms with Crippen molar-refractivity contribution in [1.29, 1.82) is 0 Å². The zero-order valence-corrected chi connectivity index (χ0v) is 17.5. The van der Waals surface area contributed by atoms with Crippen molar-refractivity contribution >= 4 is 17.8 Å². The lowest BCUT2D eigenvalue weighted by atomic mass is 9.94. The smallest absolute Gasteiger partial charge is 0.327 e. The average Bonchev–Trinajstić information content (AvgIpc) is 3.03. The number of amides is 4. The summed E-state index contributed by atoms with van der Waals surface area (Å²) in [7, 11) is 3.12. The van der Waals surface area contributed by atoms with Crippen molar-refractivity contribution < 1.29 is 23.9 Å². The number of nitrogens with one attached hydrogen (secondary N) is 1. The average molecular weight is 424 g/mol. The van der Waals surface area contributed by atoms with Crippen LogP contribution in [0.3, 0.4) is 0 Å². The minimum Gasteiger partial charge on any atom is -0.493 e. The maximum Gasteiger partial charge on any atom is 0.327 e. The van der Waals surface area contributed by atoms with Crippen molar-refractivity contribution in [3.05, 3.63) is 53.3 Å². The van der Waals surface area contributed by atoms with Gasteiger partial charge in [0.2, 0.25) is 5.91 Å². The molecule has 1 atom stereocenters. The number of rotatable bonds is 7. The van der Waals surface area contributed by atoms with Gasteiger partial charge in [0.25, 0.3) is 5.91 Å². The van der Waals surface area contributed by atoms with Crippen LogP contribution >= 0.6 is 0 Å². The molecule has 2 aliphatic heterocycles. The minimum atomic E-state index is -0.560. The van der Waals surface area contributed by atoms with Gasteiger partial charge in [0, 0.05) is 32.1 Å². The van der Waals surface area contributed by atoms with Gasteiger partial charge in [0.05, 0.1) is 26.5 Å². The number of aromatic nitrogens is 1. The van der Waals surface area contributed by atoms with Crippen LogP contribution in [0.5, 0.6) is 11.5 Å². The van der Waals surface area contributed by atoms with Crippen molar-refractivity contribution in [2.45, 2.75) is 32.0 Å². The summed E-state index contributed by atoms with van der Waals surface area (Å²) < 4.78 is 10.7. The van der Waals surface area contributed by atoms with E-state index in [4.69, 9.17) is 9.47 Å². The van der Waals surface area contributed by atoms with E-state index in [-0.39, 0.29) is 30.8 Å². The van der Waals surface area contributed by atoms with Gasteiger partial charge in [0.15, 0.2) is 11.5 Å². The van der Waals surface area contributed by atoms with Crippen LogP contribution in [-0.4, -0.2) is 59.4 Å². The first-order chi connectivity index (χ1) is 15.0. The van der Waals surface area contributed by atoms with Gasteiger partial charge >= 0.3 is 6.03 Å². The fourth-order valence-corrected chi connectivity index (χ4v) is 3.96. The summed E-state index contributed by atoms with van der Waals surface area (Å²) in [6, 6.07) is 8.23. The number of methoxy groups -OCH3 is 2. The van der Waals surface area contributed by atoms with Crippen LogP contribution in [0, 0.1) is 0 Å². The van der Waals surface area contributed by atoms with Crippen molar-refractivity contribution in [2.24, 2.45) is 0 Å². The second-order valence-corrected chi connectivity index (χ2v) is 7.44. The highest BCUT2D eigenvalue weighted by atomic mass is 16.5. The predicted molar refractivity (Wildman–Crippen MR) is 110 cm³/mol. The summed E-state index contributed by atoms with van der Waals surface area (Å²) in [6.45, 7) is 0.657. The fourth-order valence-electron chi connectivity index (χ4n) is 3.96. The molecule has 0 saturated carbocycles. The molecule has 0 radical (unpaired) electrons. The van der Waals surface area contributed by atoms with E-state index in [1.54, 1.807) is 31.4 Å². The second-order valence-electron chi connectivity index (χ2n) is 7.44. The summed E-state index contributed by atoms with van der Waals surface area (Å²) >= 11 is 0. The minimum absolute atomic E-state index is 0.0411. The topological polar surface area (TPSA) is 101 Å². The van der Waals surface area contributed by atoms with E-state index in [1.807, 2.05) is 24.3 Å². The highest BCUT2D eigenvalue weighted by Crippen LogP contribution is 2.37. The third-order valence-electron chi connectivity index (χ3n) is 5.62. The van der Waals surface area contributed by atoms with Crippen LogP contribution in [0.25, 0.3) is 0 Å². The summed E-state index contributed by atoms with van der Waals surface area (Å²) in [6.07, 6.45) is 2.10. The molecule has 162 valence electrons. The molecule has 9 nitrogen and oxygen atoms in total. The first-order valence-corrected chi connectivity index (χ1v) is 10.0. The van der Waals surface area contributed by atoms with Gasteiger partial charge in [-0.15, -0.1) is 0 Å². The summed E-state index contributed by atoms with van der Waals surface area (Å²) in [5.74, 6) is 0.656. The molecule has 4 rings (SSSR count). The van der Waals surface area contributed by atoms with Crippen LogP contribution in [0.4, 0.5) is 4.79 Å². The number of ether oxygens (including phenoxy) is 2. The number of benzene rings is 1. The standard InChI is InChI=1S/C22H24N4O5/c1-30-18-10-14-9-17-21(28)25(22(29)26(17)13-15(14)11-19(18)31-2)8-6-20(27)24-12-16-5-3-4-7-23-16/h3-5,7,10-11,17H,6,8-9,12-13H2,1-2H3,(H,24,27)/t17-/m0/s1. The van der Waals surface area contributed by atoms with Crippen molar-refractivity contribution in [1.82, 2.24) is 20.1 Å². The van der Waals surface area contributed by atoms with Gasteiger partial charge in [-0.2, -0.15) is 0 Å². The van der Waals surface area contributed by atoms with Crippen LogP contribution in [-0.2, 0) is 29.1 Å². The molecular formula is C22H24N4O5. The number of carbonyl (C=O) groups is 3. The molecule has 0 aliphatic carbocycles. The number of imide groups is 1. The Morgan fingerprint density at radius 1 is 1.16 bits per heavy atom. The van der Waals surface area contributed by atoms with Gasteiger partial charge in [-0.25, -0.2) is 4.79 Å². The van der Waals surface area contributed by atoms with Gasteiger partial charge in [-0.05, 0) is 35.4 Å². The SMILES string of the molecule is COc1cc2c(cc1OC)CN1C(=O)N(CCC(=O)NCc3ccccn3)C(=O)[C@@H]1C2. The molecule has 1 aromatic heterocycles. The Hall–Kier alpha value is -3.62. The summed E-state index contributed by atoms with van der Waals surface area (Å²) in [4.78, 5) is 44.8. The molecule has 4 amide bonds. The van der Waals surface area contributed by atoms with Gasteiger partial charge in [0.1, 0.15) is 6.04 Å². The molecule has 2 aromatic rings. The fraction of sp³-hybridized carbons (Fsp3) is 0.364. The van der Waals surface area contributed by atoms with Gasteiger partial charge < -0.3 is 19.7 Å². The van der Waals surface area contributed by atoms with E-state index in [2.05, 4.69) is 10.3 Å². The lowest BCUT2D eigenvalue weighted by Gasteiger charge is -2.29. The number of hydrogen-bond donors (Lipinski definition) is 1. The van der Waals surface area contributed by atoms with E-state index < -0.39 is 6.04 Å². The molecule has 9 heteroatoms. The quantitative estimate of drug-likeness (QED) is 0.676. The lowest BCUT2D eigenvalue weighted by molar-refractivity contribution is -0.129. The van der Waals surface area contributed by atoms with E-state index in [9.17, 15) is 14.4 Å². The van der Waals surface area contributed by atoms with Crippen molar-refractivity contribution in [2.75, 3.05) is 20.8 Å². The molecule has 1 aromatic carbocycles. The molecule has 0 unspecified atom stereocenters. The zero-order chi connectivity index (χ0) is 22.0. The molecule has 1 fully saturated rings. The number of hydrogen-bond acceptors (Lipinski definition) is 6. The summed E-state index contributed by atoms with van der Waals surface area (Å²) in [5, 5.41) is 2.76. The van der Waals surface area contributed by atoms with Crippen LogP contribution in [0.1, 0.15) is 23.2 Å². The number of urea groups is 1. The van der Waals surface area contributed by atoms with E-state index >= 15 is 0 Å². The number of carbonyl (C=O) groups excluding carboxylic acids is 3. The second kappa shape index (κ2) is 8.63. The molecule has 31 heavy (non-hydrogen) atoms. The third kappa shape index (κ3) is 4.03. The third-order valence-corrected chi connectivity index (χ3v) is 5.62. The number of fused-ring (bicyclic) bond motifs is 2. The molecule has 1 saturated heterocycles. The highest BCUT2D eigenvalue weighted by Gasteiger charge is 2.47. The van der Waals surface area contributed by atoms with Crippen molar-refractivity contribution in [3.63, 3.8) is 0 Å². The Balaban J connectivity index is 1.39. The van der Waals surface area contributed by atoms with E-state index in [0.29, 0.717) is 31.0 Å². The van der Waals surface area contributed by atoms with E-state index in [1.165, 1.54) is 4.90 Å². The Labute approximate surface area is 179 Å². The van der Waals surface area contributed by atoms with Crippen molar-refractivity contribution in [3.8, 4) is 11.5 Å². The largest absolute Gasteiger partial charge is 0.493 e. The first kappa shape index (κ1) is 20.6. The first-order valence-electron chi connectivity index (χ1n) is 10.0. The van der Waals surface area contributed by atoms with Gasteiger partial charge in [-0.3, -0.25) is 19.5 Å². The predicted octanol–water partition coefficient (Wildman–Crippen LogP) is 1.49. The van der Waals surface area contributed by atoms with E-state index in [0.717, 1.165) is 16.8 Å². The normalized spacial score (nSPS) is 17.3. The highest BCUT2D eigenvalue weighted by molar-refractivity contribution is 6.05. The Morgan fingerprint density at radius 3 is 2.58 bits per heavy atom. The lowest BCUT2D eigenvalue weighted by Crippen LogP contribution is -2.40. The Bertz CT molecular complexity index is 959. The maximum atomic E-state index is 12.9. The monoisotopic (exact) mass is 424 g/mol. The Kier molecular flexibility index (Phi) is 5.75. The number of nitrogens with zero attached hydrogens (tertiary/aromatic N) is 3. The summed E-state index contributed by atoms with van der Waals surface area (Å²) in [5.41, 5.74) is 2.62. The van der Waals surface area contributed by atoms with Crippen LogP contribution in [0.15, 0.2) is 36.5 Å². The Morgan fingerprint density at radius 2 is 1.90 bits per heavy atom. The van der Waals surface area contributed by atoms with Crippen LogP contribution < -0.4 is 14.8 Å². The molecule has 0 spiro atoms. The molecule has 1 N–H and O–H groups in total. The zero-order valence-electron chi connectivity index (χ0n) is 17.5. The maximum absolute atomic E-state index is 12.9. The molecule has 0 bridgehead atoms. The molecule has 3 heterocycles.